The number of ether oxygens (including phenoxy) is 1. The van der Waals surface area contributed by atoms with E-state index in [1.165, 1.54) is 17.4 Å². The lowest BCUT2D eigenvalue weighted by Crippen LogP contribution is -2.20. The average molecular weight is 395 g/mol. The minimum absolute atomic E-state index is 0.360. The van der Waals surface area contributed by atoms with Gasteiger partial charge in [0.15, 0.2) is 6.61 Å². The topological polar surface area (TPSA) is 73.2 Å². The summed E-state index contributed by atoms with van der Waals surface area (Å²) in [4.78, 5) is 23.9. The number of aromatic nitrogens is 2. The highest BCUT2D eigenvalue weighted by Crippen LogP contribution is 2.23. The van der Waals surface area contributed by atoms with Crippen molar-refractivity contribution in [2.75, 3.05) is 11.9 Å². The van der Waals surface area contributed by atoms with Crippen LogP contribution < -0.4 is 5.32 Å². The van der Waals surface area contributed by atoms with E-state index >= 15 is 0 Å². The van der Waals surface area contributed by atoms with Gasteiger partial charge in [0.1, 0.15) is 0 Å². The number of anilines is 1. The Balaban J connectivity index is 1.61. The van der Waals surface area contributed by atoms with Crippen molar-refractivity contribution >= 4 is 35.0 Å². The van der Waals surface area contributed by atoms with Crippen LogP contribution >= 0.6 is 11.3 Å². The molecule has 0 fully saturated rings. The molecule has 144 valence electrons. The molecule has 2 aromatic heterocycles. The molecular weight excluding hydrogens is 374 g/mol. The molecule has 0 atom stereocenters. The monoisotopic (exact) mass is 395 g/mol. The molecule has 0 spiro atoms. The lowest BCUT2D eigenvalue weighted by atomic mass is 10.2. The van der Waals surface area contributed by atoms with Gasteiger partial charge in [-0.15, -0.1) is 0 Å². The largest absolute Gasteiger partial charge is 0.452 e. The van der Waals surface area contributed by atoms with Crippen molar-refractivity contribution in [2.45, 2.75) is 20.8 Å². The summed E-state index contributed by atoms with van der Waals surface area (Å²) in [7, 11) is 0. The predicted octanol–water partition coefficient (Wildman–Crippen LogP) is 4.05. The number of thiophene rings is 1. The molecule has 0 aliphatic carbocycles. The Hall–Kier alpha value is -3.19. The van der Waals surface area contributed by atoms with Crippen LogP contribution in [0.2, 0.25) is 0 Å². The Morgan fingerprint density at radius 1 is 1.18 bits per heavy atom. The van der Waals surface area contributed by atoms with Gasteiger partial charge in [0.2, 0.25) is 0 Å². The Morgan fingerprint density at radius 3 is 2.61 bits per heavy atom. The summed E-state index contributed by atoms with van der Waals surface area (Å²) in [6.07, 6.45) is 2.96. The molecule has 0 aliphatic heterocycles. The summed E-state index contributed by atoms with van der Waals surface area (Å²) in [6, 6.07) is 9.85. The number of benzene rings is 1. The van der Waals surface area contributed by atoms with E-state index in [1.54, 1.807) is 10.8 Å². The smallest absolute Gasteiger partial charge is 0.331 e. The van der Waals surface area contributed by atoms with Gasteiger partial charge in [0.25, 0.3) is 5.91 Å². The fraction of sp³-hybridized carbons (Fsp3) is 0.190. The van der Waals surface area contributed by atoms with E-state index in [9.17, 15) is 9.59 Å². The second-order valence-electron chi connectivity index (χ2n) is 6.34. The quantitative estimate of drug-likeness (QED) is 0.505. The number of amides is 1. The second kappa shape index (κ2) is 8.67. The number of aryl methyl sites for hydroxylation is 2. The van der Waals surface area contributed by atoms with Gasteiger partial charge in [-0.3, -0.25) is 4.79 Å². The first-order chi connectivity index (χ1) is 13.4. The summed E-state index contributed by atoms with van der Waals surface area (Å²) in [5.74, 6) is -0.975. The van der Waals surface area contributed by atoms with Crippen molar-refractivity contribution in [3.05, 3.63) is 69.7 Å². The van der Waals surface area contributed by atoms with Crippen LogP contribution in [0.25, 0.3) is 11.8 Å². The third-order valence-electron chi connectivity index (χ3n) is 4.13. The Labute approximate surface area is 167 Å². The van der Waals surface area contributed by atoms with Gasteiger partial charge in [-0.05, 0) is 61.4 Å². The maximum Gasteiger partial charge on any atom is 0.331 e. The van der Waals surface area contributed by atoms with E-state index in [0.717, 1.165) is 22.5 Å². The number of carbonyl (C=O) groups is 2. The van der Waals surface area contributed by atoms with Crippen molar-refractivity contribution in [1.29, 1.82) is 0 Å². The molecular formula is C21H21N3O3S. The number of hydrogen-bond acceptors (Lipinski definition) is 5. The molecule has 0 aliphatic rings. The van der Waals surface area contributed by atoms with Gasteiger partial charge in [0, 0.05) is 6.08 Å². The van der Waals surface area contributed by atoms with Crippen LogP contribution in [-0.4, -0.2) is 28.3 Å². The number of rotatable bonds is 6. The molecule has 3 aromatic rings. The normalized spacial score (nSPS) is 11.0. The second-order valence-corrected chi connectivity index (χ2v) is 7.12. The highest BCUT2D eigenvalue weighted by atomic mass is 32.1. The first kappa shape index (κ1) is 19.6. The average Bonchev–Trinajstić information content (AvgIpc) is 3.29. The molecule has 1 aromatic carbocycles. The molecule has 28 heavy (non-hydrogen) atoms. The molecule has 6 nitrogen and oxygen atoms in total. The lowest BCUT2D eigenvalue weighted by molar-refractivity contribution is -0.142. The van der Waals surface area contributed by atoms with Gasteiger partial charge >= 0.3 is 5.97 Å². The Kier molecular flexibility index (Phi) is 6.06. The van der Waals surface area contributed by atoms with Gasteiger partial charge in [-0.1, -0.05) is 17.7 Å². The maximum absolute atomic E-state index is 12.2. The standard InChI is InChI=1S/C21H21N3O3S/c1-14-4-7-18(8-5-14)24-16(3)21(15(2)23-24)22-19(25)12-27-20(26)9-6-17-10-11-28-13-17/h4-11,13H,12H2,1-3H3,(H,22,25)/b9-6+. The van der Waals surface area contributed by atoms with Crippen molar-refractivity contribution < 1.29 is 14.3 Å². The lowest BCUT2D eigenvalue weighted by Gasteiger charge is -2.07. The third kappa shape index (κ3) is 4.75. The number of esters is 1. The molecule has 0 saturated carbocycles. The van der Waals surface area contributed by atoms with Gasteiger partial charge in [0.05, 0.1) is 22.8 Å². The van der Waals surface area contributed by atoms with E-state index in [1.807, 2.05) is 61.9 Å². The van der Waals surface area contributed by atoms with Crippen molar-refractivity contribution in [2.24, 2.45) is 0 Å². The van der Waals surface area contributed by atoms with Gasteiger partial charge in [-0.25, -0.2) is 9.48 Å². The van der Waals surface area contributed by atoms with Crippen molar-refractivity contribution in [1.82, 2.24) is 9.78 Å². The SMILES string of the molecule is Cc1ccc(-n2nc(C)c(NC(=O)COC(=O)/C=C/c3ccsc3)c2C)cc1. The van der Waals surface area contributed by atoms with E-state index in [-0.39, 0.29) is 6.61 Å². The van der Waals surface area contributed by atoms with Crippen LogP contribution in [0.1, 0.15) is 22.5 Å². The van der Waals surface area contributed by atoms with Crippen LogP contribution in [0, 0.1) is 20.8 Å². The van der Waals surface area contributed by atoms with Crippen molar-refractivity contribution in [3.8, 4) is 5.69 Å². The minimum atomic E-state index is -0.565. The van der Waals surface area contributed by atoms with E-state index < -0.39 is 11.9 Å². The number of hydrogen-bond donors (Lipinski definition) is 1. The fourth-order valence-electron chi connectivity index (χ4n) is 2.66. The van der Waals surface area contributed by atoms with E-state index in [4.69, 9.17) is 4.74 Å². The van der Waals surface area contributed by atoms with Crippen LogP contribution in [0.4, 0.5) is 5.69 Å². The van der Waals surface area contributed by atoms with Crippen LogP contribution in [0.15, 0.2) is 47.2 Å². The molecule has 0 unspecified atom stereocenters. The molecule has 0 bridgehead atoms. The van der Waals surface area contributed by atoms with Crippen molar-refractivity contribution in [3.63, 3.8) is 0 Å². The Morgan fingerprint density at radius 2 is 1.93 bits per heavy atom. The molecule has 7 heteroatoms. The van der Waals surface area contributed by atoms with Gasteiger partial charge in [-0.2, -0.15) is 16.4 Å². The van der Waals surface area contributed by atoms with Crippen LogP contribution in [-0.2, 0) is 14.3 Å². The first-order valence-corrected chi connectivity index (χ1v) is 9.68. The molecule has 2 heterocycles. The van der Waals surface area contributed by atoms with Crippen LogP contribution in [0.3, 0.4) is 0 Å². The number of nitrogens with one attached hydrogen (secondary N) is 1. The molecule has 1 amide bonds. The fourth-order valence-corrected chi connectivity index (χ4v) is 3.28. The number of nitrogens with zero attached hydrogens (tertiary/aromatic N) is 2. The Bertz CT molecular complexity index is 1000. The van der Waals surface area contributed by atoms with E-state index in [2.05, 4.69) is 10.4 Å². The summed E-state index contributed by atoms with van der Waals surface area (Å²) in [5.41, 5.74) is 5.11. The highest BCUT2D eigenvalue weighted by molar-refractivity contribution is 7.08. The maximum atomic E-state index is 12.2. The molecule has 1 N–H and O–H groups in total. The minimum Gasteiger partial charge on any atom is -0.452 e. The predicted molar refractivity (Wildman–Crippen MR) is 111 cm³/mol. The van der Waals surface area contributed by atoms with E-state index in [0.29, 0.717) is 11.4 Å². The zero-order valence-electron chi connectivity index (χ0n) is 15.9. The third-order valence-corrected chi connectivity index (χ3v) is 4.84. The summed E-state index contributed by atoms with van der Waals surface area (Å²) in [5, 5.41) is 11.1. The highest BCUT2D eigenvalue weighted by Gasteiger charge is 2.16. The first-order valence-electron chi connectivity index (χ1n) is 8.74. The molecule has 0 saturated heterocycles. The summed E-state index contributed by atoms with van der Waals surface area (Å²) >= 11 is 1.54. The number of carbonyl (C=O) groups excluding carboxylic acids is 2. The zero-order valence-corrected chi connectivity index (χ0v) is 16.7. The summed E-state index contributed by atoms with van der Waals surface area (Å²) < 4.78 is 6.77. The molecule has 0 radical (unpaired) electrons. The van der Waals surface area contributed by atoms with Gasteiger partial charge < -0.3 is 10.1 Å². The summed E-state index contributed by atoms with van der Waals surface area (Å²) in [6.45, 7) is 5.36. The zero-order chi connectivity index (χ0) is 20.1. The van der Waals surface area contributed by atoms with Crippen LogP contribution in [0.5, 0.6) is 0 Å². The molecule has 3 rings (SSSR count).